The molecule has 1 fully saturated rings. The molecule has 3 aromatic rings. The van der Waals surface area contributed by atoms with Crippen molar-refractivity contribution < 1.29 is 9.59 Å². The summed E-state index contributed by atoms with van der Waals surface area (Å²) in [5.41, 5.74) is 3.18. The molecule has 29 heavy (non-hydrogen) atoms. The molecule has 0 spiro atoms. The first-order valence-electron chi connectivity index (χ1n) is 10.1. The highest BCUT2D eigenvalue weighted by molar-refractivity contribution is 5.84. The predicted octanol–water partition coefficient (Wildman–Crippen LogP) is 2.67. The van der Waals surface area contributed by atoms with Crippen LogP contribution >= 0.6 is 0 Å². The molecule has 2 amide bonds. The Kier molecular flexibility index (Phi) is 5.60. The molecule has 1 aromatic heterocycles. The average Bonchev–Trinajstić information content (AvgIpc) is 3.08. The zero-order valence-electron chi connectivity index (χ0n) is 16.7. The molecule has 1 N–H and O–H groups in total. The van der Waals surface area contributed by atoms with Crippen LogP contribution in [0.15, 0.2) is 54.6 Å². The molecule has 1 atom stereocenters. The van der Waals surface area contributed by atoms with Crippen LogP contribution < -0.4 is 5.32 Å². The van der Waals surface area contributed by atoms with Crippen molar-refractivity contribution in [1.82, 2.24) is 19.8 Å². The van der Waals surface area contributed by atoms with Gasteiger partial charge in [-0.3, -0.25) is 9.59 Å². The Balaban J connectivity index is 1.34. The van der Waals surface area contributed by atoms with Gasteiger partial charge in [-0.05, 0) is 30.5 Å². The maximum atomic E-state index is 12.7. The minimum absolute atomic E-state index is 0.00531. The number of imidazole rings is 1. The van der Waals surface area contributed by atoms with Crippen molar-refractivity contribution in [1.29, 1.82) is 0 Å². The van der Waals surface area contributed by atoms with Crippen LogP contribution in [-0.4, -0.2) is 39.4 Å². The third kappa shape index (κ3) is 4.31. The summed E-state index contributed by atoms with van der Waals surface area (Å²) in [5.74, 6) is 0.792. The molecule has 1 aliphatic rings. The van der Waals surface area contributed by atoms with Gasteiger partial charge in [-0.15, -0.1) is 0 Å². The number of hydrogen-bond donors (Lipinski definition) is 1. The highest BCUT2D eigenvalue weighted by Crippen LogP contribution is 2.19. The van der Waals surface area contributed by atoms with Crippen LogP contribution in [0, 0.1) is 5.92 Å². The van der Waals surface area contributed by atoms with Crippen molar-refractivity contribution in [3.63, 3.8) is 0 Å². The molecule has 0 saturated carbocycles. The Hall–Kier alpha value is -3.15. The third-order valence-corrected chi connectivity index (χ3v) is 5.68. The lowest BCUT2D eigenvalue weighted by atomic mass is 9.96. The molecule has 1 saturated heterocycles. The fourth-order valence-electron chi connectivity index (χ4n) is 3.92. The fourth-order valence-corrected chi connectivity index (χ4v) is 3.92. The molecule has 0 radical (unpaired) electrons. The number of nitrogens with one attached hydrogen (secondary N) is 1. The predicted molar refractivity (Wildman–Crippen MR) is 112 cm³/mol. The third-order valence-electron chi connectivity index (χ3n) is 5.68. The summed E-state index contributed by atoms with van der Waals surface area (Å²) < 4.78 is 2.01. The van der Waals surface area contributed by atoms with Gasteiger partial charge in [0.1, 0.15) is 5.82 Å². The Morgan fingerprint density at radius 2 is 1.90 bits per heavy atom. The maximum absolute atomic E-state index is 12.7. The molecule has 1 unspecified atom stereocenters. The molecular weight excluding hydrogens is 364 g/mol. The average molecular weight is 390 g/mol. The van der Waals surface area contributed by atoms with E-state index in [-0.39, 0.29) is 17.7 Å². The first-order chi connectivity index (χ1) is 14.1. The molecule has 0 bridgehead atoms. The van der Waals surface area contributed by atoms with E-state index in [0.717, 1.165) is 23.3 Å². The molecule has 0 aliphatic carbocycles. The van der Waals surface area contributed by atoms with E-state index in [0.29, 0.717) is 32.5 Å². The Labute approximate surface area is 170 Å². The second kappa shape index (κ2) is 8.47. The van der Waals surface area contributed by atoms with E-state index < -0.39 is 0 Å². The van der Waals surface area contributed by atoms with Gasteiger partial charge in [-0.2, -0.15) is 0 Å². The summed E-state index contributed by atoms with van der Waals surface area (Å²) in [4.78, 5) is 31.5. The zero-order valence-corrected chi connectivity index (χ0v) is 16.7. The molecule has 4 rings (SSSR count). The minimum atomic E-state index is -0.168. The van der Waals surface area contributed by atoms with Crippen LogP contribution in [0.1, 0.15) is 24.2 Å². The van der Waals surface area contributed by atoms with E-state index in [1.165, 1.54) is 5.56 Å². The molecule has 6 nitrogen and oxygen atoms in total. The van der Waals surface area contributed by atoms with E-state index in [1.807, 2.05) is 59.0 Å². The summed E-state index contributed by atoms with van der Waals surface area (Å²) >= 11 is 0. The molecule has 2 aromatic carbocycles. The van der Waals surface area contributed by atoms with Crippen molar-refractivity contribution in [3.05, 3.63) is 66.0 Å². The number of likely N-dealkylation sites (tertiary alicyclic amines) is 1. The SMILES string of the molecule is Cn1c(CNC(=O)C2CCC(=O)N(CCc3ccccc3)C2)nc2ccccc21. The highest BCUT2D eigenvalue weighted by atomic mass is 16.2. The molecule has 2 heterocycles. The van der Waals surface area contributed by atoms with Crippen LogP contribution in [0.3, 0.4) is 0 Å². The highest BCUT2D eigenvalue weighted by Gasteiger charge is 2.30. The number of piperidine rings is 1. The number of nitrogens with zero attached hydrogens (tertiary/aromatic N) is 3. The molecule has 150 valence electrons. The van der Waals surface area contributed by atoms with E-state index >= 15 is 0 Å². The quantitative estimate of drug-likeness (QED) is 0.704. The van der Waals surface area contributed by atoms with Crippen molar-refractivity contribution in [2.75, 3.05) is 13.1 Å². The summed E-state index contributed by atoms with van der Waals surface area (Å²) in [5, 5.41) is 3.02. The van der Waals surface area contributed by atoms with Crippen LogP contribution in [0.4, 0.5) is 0 Å². The van der Waals surface area contributed by atoms with E-state index in [9.17, 15) is 9.59 Å². The molecule has 6 heteroatoms. The first-order valence-corrected chi connectivity index (χ1v) is 10.1. The van der Waals surface area contributed by atoms with Crippen LogP contribution in [0.2, 0.25) is 0 Å². The Morgan fingerprint density at radius 3 is 2.69 bits per heavy atom. The van der Waals surface area contributed by atoms with Gasteiger partial charge in [0, 0.05) is 26.6 Å². The van der Waals surface area contributed by atoms with E-state index in [1.54, 1.807) is 0 Å². The lowest BCUT2D eigenvalue weighted by molar-refractivity contribution is -0.138. The van der Waals surface area contributed by atoms with Crippen molar-refractivity contribution in [3.8, 4) is 0 Å². The maximum Gasteiger partial charge on any atom is 0.225 e. The van der Waals surface area contributed by atoms with Gasteiger partial charge in [0.2, 0.25) is 11.8 Å². The number of carbonyl (C=O) groups is 2. The summed E-state index contributed by atoms with van der Waals surface area (Å²) in [6.07, 6.45) is 1.84. The van der Waals surface area contributed by atoms with Crippen LogP contribution in [0.25, 0.3) is 11.0 Å². The van der Waals surface area contributed by atoms with E-state index in [2.05, 4.69) is 22.4 Å². The minimum Gasteiger partial charge on any atom is -0.349 e. The second-order valence-corrected chi connectivity index (χ2v) is 7.60. The largest absolute Gasteiger partial charge is 0.349 e. The van der Waals surface area contributed by atoms with Gasteiger partial charge >= 0.3 is 0 Å². The lowest BCUT2D eigenvalue weighted by Crippen LogP contribution is -2.46. The van der Waals surface area contributed by atoms with Crippen molar-refractivity contribution in [2.45, 2.75) is 25.8 Å². The number of benzene rings is 2. The number of amides is 2. The number of aromatic nitrogens is 2. The van der Waals surface area contributed by atoms with Gasteiger partial charge in [0.25, 0.3) is 0 Å². The van der Waals surface area contributed by atoms with Crippen LogP contribution in [0.5, 0.6) is 0 Å². The second-order valence-electron chi connectivity index (χ2n) is 7.60. The number of para-hydroxylation sites is 2. The number of hydrogen-bond acceptors (Lipinski definition) is 3. The summed E-state index contributed by atoms with van der Waals surface area (Å²) in [7, 11) is 1.96. The smallest absolute Gasteiger partial charge is 0.225 e. The monoisotopic (exact) mass is 390 g/mol. The summed E-state index contributed by atoms with van der Waals surface area (Å²) in [6, 6.07) is 18.1. The first kappa shape index (κ1) is 19.2. The van der Waals surface area contributed by atoms with Gasteiger partial charge < -0.3 is 14.8 Å². The fraction of sp³-hybridized carbons (Fsp3) is 0.348. The summed E-state index contributed by atoms with van der Waals surface area (Å²) in [6.45, 7) is 1.52. The number of rotatable bonds is 6. The normalized spacial score (nSPS) is 16.9. The number of fused-ring (bicyclic) bond motifs is 1. The van der Waals surface area contributed by atoms with Crippen molar-refractivity contribution in [2.24, 2.45) is 13.0 Å². The van der Waals surface area contributed by atoms with E-state index in [4.69, 9.17) is 0 Å². The topological polar surface area (TPSA) is 67.2 Å². The molecular formula is C23H26N4O2. The van der Waals surface area contributed by atoms with Gasteiger partial charge in [0.15, 0.2) is 0 Å². The van der Waals surface area contributed by atoms with Crippen LogP contribution in [-0.2, 0) is 29.6 Å². The number of aryl methyl sites for hydroxylation is 1. The van der Waals surface area contributed by atoms with Gasteiger partial charge in [-0.1, -0.05) is 42.5 Å². The standard InChI is InChI=1S/C23H26N4O2/c1-26-20-10-6-5-9-19(20)25-21(26)15-24-23(29)18-11-12-22(28)27(16-18)14-13-17-7-3-2-4-8-17/h2-10,18H,11-16H2,1H3,(H,24,29). The van der Waals surface area contributed by atoms with Gasteiger partial charge in [0.05, 0.1) is 23.5 Å². The molecule has 1 aliphatic heterocycles. The lowest BCUT2D eigenvalue weighted by Gasteiger charge is -2.32. The van der Waals surface area contributed by atoms with Gasteiger partial charge in [-0.25, -0.2) is 4.98 Å². The zero-order chi connectivity index (χ0) is 20.2. The Morgan fingerprint density at radius 1 is 1.14 bits per heavy atom. The van der Waals surface area contributed by atoms with Crippen molar-refractivity contribution >= 4 is 22.8 Å². The number of carbonyl (C=O) groups excluding carboxylic acids is 2. The Bertz CT molecular complexity index is 1010.